The minimum absolute atomic E-state index is 0.125. The average molecular weight is 472 g/mol. The molecule has 0 saturated heterocycles. The van der Waals surface area contributed by atoms with E-state index in [1.54, 1.807) is 31.2 Å². The van der Waals surface area contributed by atoms with Gasteiger partial charge in [-0.2, -0.15) is 5.26 Å². The Balaban J connectivity index is 1.87. The van der Waals surface area contributed by atoms with Gasteiger partial charge in [-0.05, 0) is 77.7 Å². The molecule has 156 valence electrons. The molecule has 0 amide bonds. The van der Waals surface area contributed by atoms with Gasteiger partial charge in [0.2, 0.25) is 0 Å². The van der Waals surface area contributed by atoms with Gasteiger partial charge in [0.15, 0.2) is 0 Å². The highest BCUT2D eigenvalue weighted by molar-refractivity contribution is 9.10. The van der Waals surface area contributed by atoms with E-state index in [1.165, 1.54) is 6.08 Å². The maximum Gasteiger partial charge on any atom is 0.348 e. The molecule has 7 heteroatoms. The fourth-order valence-electron chi connectivity index (χ4n) is 2.48. The van der Waals surface area contributed by atoms with Crippen LogP contribution in [0, 0.1) is 18.3 Å². The summed E-state index contributed by atoms with van der Waals surface area (Å²) >= 11 is 3.45. The number of hydrogen-bond donors (Lipinski definition) is 0. The Hall–Kier alpha value is -3.11. The van der Waals surface area contributed by atoms with Crippen molar-refractivity contribution >= 4 is 33.9 Å². The molecule has 0 aromatic heterocycles. The molecule has 2 aromatic carbocycles. The Morgan fingerprint density at radius 3 is 2.70 bits per heavy atom. The predicted molar refractivity (Wildman–Crippen MR) is 116 cm³/mol. The second kappa shape index (κ2) is 11.8. The molecule has 0 spiro atoms. The molecule has 30 heavy (non-hydrogen) atoms. The van der Waals surface area contributed by atoms with Crippen LogP contribution in [-0.2, 0) is 14.3 Å². The van der Waals surface area contributed by atoms with Crippen molar-refractivity contribution in [1.29, 1.82) is 5.26 Å². The van der Waals surface area contributed by atoms with Crippen molar-refractivity contribution in [1.82, 2.24) is 0 Å². The SMILES string of the molecule is CCOC(=O)/C(C#N)=C/c1cccc(OC(=O)CCCOc2ccc(C)cc2Br)c1. The molecule has 6 nitrogen and oxygen atoms in total. The summed E-state index contributed by atoms with van der Waals surface area (Å²) in [7, 11) is 0. The van der Waals surface area contributed by atoms with Gasteiger partial charge in [0, 0.05) is 6.42 Å². The van der Waals surface area contributed by atoms with E-state index >= 15 is 0 Å². The molecule has 0 heterocycles. The average Bonchev–Trinajstić information content (AvgIpc) is 2.71. The van der Waals surface area contributed by atoms with Crippen molar-refractivity contribution in [3.05, 3.63) is 63.6 Å². The Morgan fingerprint density at radius 2 is 2.00 bits per heavy atom. The molecule has 0 saturated carbocycles. The van der Waals surface area contributed by atoms with Crippen molar-refractivity contribution in [3.8, 4) is 17.6 Å². The number of hydrogen-bond acceptors (Lipinski definition) is 6. The van der Waals surface area contributed by atoms with Crippen LogP contribution in [0.5, 0.6) is 11.5 Å². The van der Waals surface area contributed by atoms with Crippen LogP contribution in [0.25, 0.3) is 6.08 Å². The lowest BCUT2D eigenvalue weighted by atomic mass is 10.1. The normalized spacial score (nSPS) is 10.8. The Morgan fingerprint density at radius 1 is 1.20 bits per heavy atom. The van der Waals surface area contributed by atoms with Gasteiger partial charge in [-0.1, -0.05) is 18.2 Å². The van der Waals surface area contributed by atoms with E-state index in [2.05, 4.69) is 15.9 Å². The number of aryl methyl sites for hydroxylation is 1. The first kappa shape index (κ1) is 23.2. The van der Waals surface area contributed by atoms with Crippen molar-refractivity contribution in [3.63, 3.8) is 0 Å². The van der Waals surface area contributed by atoms with Gasteiger partial charge >= 0.3 is 11.9 Å². The summed E-state index contributed by atoms with van der Waals surface area (Å²) in [5.41, 5.74) is 1.55. The van der Waals surface area contributed by atoms with Crippen LogP contribution in [-0.4, -0.2) is 25.2 Å². The smallest absolute Gasteiger partial charge is 0.348 e. The minimum atomic E-state index is -0.692. The van der Waals surface area contributed by atoms with Gasteiger partial charge in [0.25, 0.3) is 0 Å². The molecular formula is C23H22BrNO5. The number of halogens is 1. The molecule has 0 atom stereocenters. The monoisotopic (exact) mass is 471 g/mol. The van der Waals surface area contributed by atoms with Gasteiger partial charge < -0.3 is 14.2 Å². The summed E-state index contributed by atoms with van der Waals surface area (Å²) in [4.78, 5) is 23.8. The maximum absolute atomic E-state index is 12.1. The highest BCUT2D eigenvalue weighted by Gasteiger charge is 2.11. The number of carbonyl (C=O) groups excluding carboxylic acids is 2. The van der Waals surface area contributed by atoms with Crippen LogP contribution in [0.1, 0.15) is 30.9 Å². The standard InChI is InChI=1S/C23H22BrNO5/c1-3-28-23(27)18(15-25)13-17-6-4-7-19(14-17)30-22(26)8-5-11-29-21-10-9-16(2)12-20(21)24/h4,6-7,9-10,12-14H,3,5,8,11H2,1-2H3/b18-13+. The van der Waals surface area contributed by atoms with Crippen molar-refractivity contribution in [2.45, 2.75) is 26.7 Å². The first-order valence-corrected chi connectivity index (χ1v) is 10.2. The van der Waals surface area contributed by atoms with Gasteiger partial charge in [-0.3, -0.25) is 4.79 Å². The lowest BCUT2D eigenvalue weighted by Crippen LogP contribution is -2.10. The first-order chi connectivity index (χ1) is 14.4. The van der Waals surface area contributed by atoms with E-state index in [0.717, 1.165) is 15.8 Å². The van der Waals surface area contributed by atoms with E-state index < -0.39 is 11.9 Å². The van der Waals surface area contributed by atoms with Crippen LogP contribution in [0.4, 0.5) is 0 Å². The molecule has 0 unspecified atom stereocenters. The third kappa shape index (κ3) is 7.37. The number of benzene rings is 2. The second-order valence-corrected chi connectivity index (χ2v) is 7.18. The summed E-state index contributed by atoms with van der Waals surface area (Å²) in [5.74, 6) is -0.0309. The van der Waals surface area contributed by atoms with Crippen molar-refractivity contribution in [2.75, 3.05) is 13.2 Å². The van der Waals surface area contributed by atoms with E-state index in [-0.39, 0.29) is 18.6 Å². The zero-order chi connectivity index (χ0) is 21.9. The third-order valence-corrected chi connectivity index (χ3v) is 4.51. The third-order valence-electron chi connectivity index (χ3n) is 3.89. The molecule has 0 N–H and O–H groups in total. The lowest BCUT2D eigenvalue weighted by Gasteiger charge is -2.09. The number of ether oxygens (including phenoxy) is 3. The summed E-state index contributed by atoms with van der Waals surface area (Å²) in [5, 5.41) is 9.11. The van der Waals surface area contributed by atoms with Crippen LogP contribution in [0.2, 0.25) is 0 Å². The molecule has 0 aliphatic carbocycles. The molecule has 0 fully saturated rings. The summed E-state index contributed by atoms with van der Waals surface area (Å²) < 4.78 is 16.7. The molecule has 2 aromatic rings. The zero-order valence-electron chi connectivity index (χ0n) is 16.8. The highest BCUT2D eigenvalue weighted by atomic mass is 79.9. The summed E-state index contributed by atoms with van der Waals surface area (Å²) in [6.45, 7) is 4.22. The maximum atomic E-state index is 12.1. The summed E-state index contributed by atoms with van der Waals surface area (Å²) in [6.07, 6.45) is 2.08. The molecule has 2 rings (SSSR count). The molecule has 0 bridgehead atoms. The van der Waals surface area contributed by atoms with Crippen LogP contribution >= 0.6 is 15.9 Å². The Labute approximate surface area is 184 Å². The first-order valence-electron chi connectivity index (χ1n) is 9.41. The van der Waals surface area contributed by atoms with Gasteiger partial charge in [-0.15, -0.1) is 0 Å². The summed E-state index contributed by atoms with van der Waals surface area (Å²) in [6, 6.07) is 14.2. The fourth-order valence-corrected chi connectivity index (χ4v) is 3.09. The molecule has 0 aliphatic rings. The largest absolute Gasteiger partial charge is 0.492 e. The zero-order valence-corrected chi connectivity index (χ0v) is 18.4. The van der Waals surface area contributed by atoms with E-state index in [1.807, 2.05) is 31.2 Å². The lowest BCUT2D eigenvalue weighted by molar-refractivity contribution is -0.138. The number of nitriles is 1. The number of carbonyl (C=O) groups is 2. The van der Waals surface area contributed by atoms with E-state index in [4.69, 9.17) is 19.5 Å². The number of esters is 2. The van der Waals surface area contributed by atoms with Gasteiger partial charge in [0.05, 0.1) is 17.7 Å². The number of nitrogens with zero attached hydrogens (tertiary/aromatic N) is 1. The van der Waals surface area contributed by atoms with Gasteiger partial charge in [-0.25, -0.2) is 4.79 Å². The quantitative estimate of drug-likeness (QED) is 0.168. The van der Waals surface area contributed by atoms with E-state index in [9.17, 15) is 9.59 Å². The van der Waals surface area contributed by atoms with Crippen LogP contribution < -0.4 is 9.47 Å². The fraction of sp³-hybridized carbons (Fsp3) is 0.261. The van der Waals surface area contributed by atoms with Crippen molar-refractivity contribution < 1.29 is 23.8 Å². The van der Waals surface area contributed by atoms with E-state index in [0.29, 0.717) is 24.3 Å². The molecular weight excluding hydrogens is 450 g/mol. The predicted octanol–water partition coefficient (Wildman–Crippen LogP) is 4.99. The number of rotatable bonds is 9. The highest BCUT2D eigenvalue weighted by Crippen LogP contribution is 2.26. The molecule has 0 radical (unpaired) electrons. The van der Waals surface area contributed by atoms with Crippen LogP contribution in [0.15, 0.2) is 52.5 Å². The second-order valence-electron chi connectivity index (χ2n) is 6.32. The Bertz CT molecular complexity index is 978. The van der Waals surface area contributed by atoms with Gasteiger partial charge in [0.1, 0.15) is 23.1 Å². The van der Waals surface area contributed by atoms with Crippen molar-refractivity contribution in [2.24, 2.45) is 0 Å². The topological polar surface area (TPSA) is 85.6 Å². The van der Waals surface area contributed by atoms with Crippen LogP contribution in [0.3, 0.4) is 0 Å². The molecule has 0 aliphatic heterocycles. The Kier molecular flexibility index (Phi) is 9.10. The minimum Gasteiger partial charge on any atom is -0.492 e.